The Morgan fingerprint density at radius 1 is 1.20 bits per heavy atom. The molecule has 2 N–H and O–H groups in total. The zero-order valence-corrected chi connectivity index (χ0v) is 10.1. The molecular weight excluding hydrogens is 274 g/mol. The van der Waals surface area contributed by atoms with E-state index in [-0.39, 0.29) is 0 Å². The molecule has 2 heterocycles. The second-order valence-corrected chi connectivity index (χ2v) is 4.84. The number of anilines is 1. The fraction of sp³-hybridized carbons (Fsp3) is 0. The first-order chi connectivity index (χ1) is 7.24. The summed E-state index contributed by atoms with van der Waals surface area (Å²) in [5.74, 6) is 0.525. The van der Waals surface area contributed by atoms with Gasteiger partial charge in [-0.15, -0.1) is 0 Å². The van der Waals surface area contributed by atoms with Crippen LogP contribution in [0, 0.1) is 0 Å². The lowest BCUT2D eigenvalue weighted by molar-refractivity contribution is 1.12. The zero-order chi connectivity index (χ0) is 10.7. The van der Waals surface area contributed by atoms with E-state index in [1.54, 1.807) is 24.2 Å². The van der Waals surface area contributed by atoms with Crippen molar-refractivity contribution in [1.82, 2.24) is 9.97 Å². The van der Waals surface area contributed by atoms with E-state index >= 15 is 0 Å². The Morgan fingerprint density at radius 3 is 2.73 bits per heavy atom. The summed E-state index contributed by atoms with van der Waals surface area (Å²) in [7, 11) is 0. The Hall–Kier alpha value is -1.07. The molecule has 0 amide bonds. The van der Waals surface area contributed by atoms with Crippen molar-refractivity contribution >= 4 is 33.5 Å². The molecule has 0 unspecified atom stereocenters. The predicted octanol–water partition coefficient (Wildman–Crippen LogP) is 2.97. The van der Waals surface area contributed by atoms with Crippen LogP contribution in [0.5, 0.6) is 0 Å². The topological polar surface area (TPSA) is 51.8 Å². The normalized spacial score (nSPS) is 10.2. The lowest BCUT2D eigenvalue weighted by atomic mass is 10.5. The molecule has 0 fully saturated rings. The van der Waals surface area contributed by atoms with Gasteiger partial charge in [0.2, 0.25) is 0 Å². The van der Waals surface area contributed by atoms with Gasteiger partial charge in [-0.05, 0) is 40.2 Å². The molecule has 15 heavy (non-hydrogen) atoms. The Labute approximate surface area is 100 Å². The Balaban J connectivity index is 2.18. The van der Waals surface area contributed by atoms with Crippen LogP contribution in [0.15, 0.2) is 51.1 Å². The summed E-state index contributed by atoms with van der Waals surface area (Å²) in [5.41, 5.74) is 5.58. The van der Waals surface area contributed by atoms with Crippen molar-refractivity contribution in [3.8, 4) is 0 Å². The van der Waals surface area contributed by atoms with Crippen LogP contribution in [-0.2, 0) is 0 Å². The maximum atomic E-state index is 5.58. The molecule has 76 valence electrons. The highest BCUT2D eigenvalue weighted by Crippen LogP contribution is 2.26. The third-order valence-corrected chi connectivity index (χ3v) is 3.08. The van der Waals surface area contributed by atoms with E-state index in [2.05, 4.69) is 25.9 Å². The molecule has 0 saturated carbocycles. The number of hydrogen-bond donors (Lipinski definition) is 1. The number of nitrogen functional groups attached to an aromatic ring is 1. The Morgan fingerprint density at radius 2 is 2.07 bits per heavy atom. The van der Waals surface area contributed by atoms with Crippen LogP contribution in [0.1, 0.15) is 0 Å². The summed E-state index contributed by atoms with van der Waals surface area (Å²) in [5, 5.41) is 0.934. The van der Waals surface area contributed by atoms with Gasteiger partial charge in [-0.3, -0.25) is 0 Å². The lowest BCUT2D eigenvalue weighted by Crippen LogP contribution is -1.88. The molecule has 0 atom stereocenters. The SMILES string of the molecule is Nc1cc(Sc2ccc(Br)cn2)ccn1. The van der Waals surface area contributed by atoms with Gasteiger partial charge >= 0.3 is 0 Å². The molecule has 0 aromatic carbocycles. The molecule has 0 bridgehead atoms. The molecule has 0 aliphatic carbocycles. The number of aromatic nitrogens is 2. The van der Waals surface area contributed by atoms with Crippen molar-refractivity contribution in [3.63, 3.8) is 0 Å². The van der Waals surface area contributed by atoms with Crippen molar-refractivity contribution in [2.24, 2.45) is 0 Å². The van der Waals surface area contributed by atoms with Crippen LogP contribution in [0.2, 0.25) is 0 Å². The van der Waals surface area contributed by atoms with Crippen molar-refractivity contribution in [2.45, 2.75) is 9.92 Å². The number of halogens is 1. The summed E-state index contributed by atoms with van der Waals surface area (Å²) in [6, 6.07) is 7.64. The summed E-state index contributed by atoms with van der Waals surface area (Å²) in [6.45, 7) is 0. The molecular formula is C10H8BrN3S. The van der Waals surface area contributed by atoms with E-state index in [1.165, 1.54) is 0 Å². The molecule has 0 spiro atoms. The average Bonchev–Trinajstić information content (AvgIpc) is 2.22. The Kier molecular flexibility index (Phi) is 3.23. The van der Waals surface area contributed by atoms with Crippen molar-refractivity contribution in [1.29, 1.82) is 0 Å². The van der Waals surface area contributed by atoms with E-state index in [1.807, 2.05) is 24.3 Å². The number of rotatable bonds is 2. The van der Waals surface area contributed by atoms with Gasteiger partial charge in [-0.1, -0.05) is 11.8 Å². The van der Waals surface area contributed by atoms with Gasteiger partial charge in [0.05, 0.1) is 0 Å². The lowest BCUT2D eigenvalue weighted by Gasteiger charge is -2.01. The maximum Gasteiger partial charge on any atom is 0.124 e. The highest BCUT2D eigenvalue weighted by molar-refractivity contribution is 9.10. The average molecular weight is 282 g/mol. The molecule has 2 rings (SSSR count). The molecule has 0 aliphatic rings. The van der Waals surface area contributed by atoms with Crippen LogP contribution in [0.25, 0.3) is 0 Å². The fourth-order valence-corrected chi connectivity index (χ4v) is 2.06. The minimum atomic E-state index is 0.525. The highest BCUT2D eigenvalue weighted by Gasteiger charge is 1.99. The first-order valence-electron chi connectivity index (χ1n) is 4.25. The highest BCUT2D eigenvalue weighted by atomic mass is 79.9. The third kappa shape index (κ3) is 2.94. The van der Waals surface area contributed by atoms with Gasteiger partial charge in [0.15, 0.2) is 0 Å². The van der Waals surface area contributed by atoms with E-state index in [4.69, 9.17) is 5.73 Å². The quantitative estimate of drug-likeness (QED) is 0.920. The third-order valence-electron chi connectivity index (χ3n) is 1.68. The van der Waals surface area contributed by atoms with Crippen LogP contribution in [0.3, 0.4) is 0 Å². The van der Waals surface area contributed by atoms with Gasteiger partial charge in [0, 0.05) is 21.8 Å². The summed E-state index contributed by atoms with van der Waals surface area (Å²) >= 11 is 4.90. The Bertz CT molecular complexity index is 458. The molecule has 3 nitrogen and oxygen atoms in total. The molecule has 0 aliphatic heterocycles. The standard InChI is InChI=1S/C10H8BrN3S/c11-7-1-2-10(14-6-7)15-8-3-4-13-9(12)5-8/h1-6H,(H2,12,13). The second-order valence-electron chi connectivity index (χ2n) is 2.83. The number of hydrogen-bond acceptors (Lipinski definition) is 4. The maximum absolute atomic E-state index is 5.58. The van der Waals surface area contributed by atoms with Crippen molar-refractivity contribution in [3.05, 3.63) is 41.1 Å². The summed E-state index contributed by atoms with van der Waals surface area (Å²) < 4.78 is 0.973. The minimum absolute atomic E-state index is 0.525. The van der Waals surface area contributed by atoms with E-state index in [0.717, 1.165) is 14.4 Å². The first kappa shape index (κ1) is 10.4. The molecule has 0 saturated heterocycles. The van der Waals surface area contributed by atoms with E-state index in [9.17, 15) is 0 Å². The minimum Gasteiger partial charge on any atom is -0.384 e. The van der Waals surface area contributed by atoms with Gasteiger partial charge < -0.3 is 5.73 Å². The molecule has 2 aromatic rings. The number of pyridine rings is 2. The number of nitrogens with zero attached hydrogens (tertiary/aromatic N) is 2. The predicted molar refractivity (Wildman–Crippen MR) is 64.7 cm³/mol. The molecule has 2 aromatic heterocycles. The smallest absolute Gasteiger partial charge is 0.124 e. The van der Waals surface area contributed by atoms with Crippen LogP contribution in [0.4, 0.5) is 5.82 Å². The largest absolute Gasteiger partial charge is 0.384 e. The number of nitrogens with two attached hydrogens (primary N) is 1. The zero-order valence-electron chi connectivity index (χ0n) is 7.72. The van der Waals surface area contributed by atoms with E-state index < -0.39 is 0 Å². The first-order valence-corrected chi connectivity index (χ1v) is 5.86. The van der Waals surface area contributed by atoms with Crippen LogP contribution in [-0.4, -0.2) is 9.97 Å². The van der Waals surface area contributed by atoms with Crippen molar-refractivity contribution < 1.29 is 0 Å². The van der Waals surface area contributed by atoms with Crippen LogP contribution < -0.4 is 5.73 Å². The van der Waals surface area contributed by atoms with E-state index in [0.29, 0.717) is 5.82 Å². The van der Waals surface area contributed by atoms with Crippen molar-refractivity contribution in [2.75, 3.05) is 5.73 Å². The molecule has 5 heteroatoms. The second kappa shape index (κ2) is 4.63. The fourth-order valence-electron chi connectivity index (χ4n) is 1.03. The van der Waals surface area contributed by atoms with Crippen LogP contribution >= 0.6 is 27.7 Å². The van der Waals surface area contributed by atoms with Gasteiger partial charge in [0.25, 0.3) is 0 Å². The van der Waals surface area contributed by atoms with Gasteiger partial charge in [-0.25, -0.2) is 9.97 Å². The monoisotopic (exact) mass is 281 g/mol. The summed E-state index contributed by atoms with van der Waals surface area (Å²) in [6.07, 6.45) is 3.46. The van der Waals surface area contributed by atoms with Gasteiger partial charge in [-0.2, -0.15) is 0 Å². The summed E-state index contributed by atoms with van der Waals surface area (Å²) in [4.78, 5) is 9.23. The molecule has 0 radical (unpaired) electrons. The van der Waals surface area contributed by atoms with Gasteiger partial charge in [0.1, 0.15) is 10.8 Å².